The lowest BCUT2D eigenvalue weighted by Gasteiger charge is -2.10. The van der Waals surface area contributed by atoms with Gasteiger partial charge in [0.15, 0.2) is 9.84 Å². The number of anilines is 2. The number of hydrogen-bond donors (Lipinski definition) is 2. The Bertz CT molecular complexity index is 527. The molecule has 1 aromatic carbocycles. The van der Waals surface area contributed by atoms with Crippen LogP contribution < -0.4 is 11.1 Å². The lowest BCUT2D eigenvalue weighted by molar-refractivity contribution is 0.149. The number of nitrogens with one attached hydrogen (secondary N) is 1. The quantitative estimate of drug-likeness (QED) is 0.431. The van der Waals surface area contributed by atoms with E-state index in [1.807, 2.05) is 0 Å². The van der Waals surface area contributed by atoms with Crippen LogP contribution in [-0.2, 0) is 14.6 Å². The van der Waals surface area contributed by atoms with Crippen LogP contribution >= 0.6 is 0 Å². The van der Waals surface area contributed by atoms with E-state index in [0.29, 0.717) is 31.1 Å². The first-order chi connectivity index (χ1) is 8.95. The van der Waals surface area contributed by atoms with Gasteiger partial charge in [-0.05, 0) is 24.6 Å². The van der Waals surface area contributed by atoms with E-state index in [0.717, 1.165) is 12.7 Å². The van der Waals surface area contributed by atoms with Crippen LogP contribution in [0.15, 0.2) is 35.7 Å². The molecule has 1 aromatic rings. The summed E-state index contributed by atoms with van der Waals surface area (Å²) in [6, 6.07) is 4.65. The minimum Gasteiger partial charge on any atom is -0.397 e. The van der Waals surface area contributed by atoms with Crippen LogP contribution in [0.25, 0.3) is 0 Å². The Morgan fingerprint density at radius 1 is 1.42 bits per heavy atom. The van der Waals surface area contributed by atoms with Crippen molar-refractivity contribution in [2.24, 2.45) is 0 Å². The summed E-state index contributed by atoms with van der Waals surface area (Å²) >= 11 is 0. The molecule has 0 fully saturated rings. The Morgan fingerprint density at radius 3 is 2.74 bits per heavy atom. The molecule has 0 amide bonds. The summed E-state index contributed by atoms with van der Waals surface area (Å²) in [4.78, 5) is 0.220. The molecule has 0 saturated heterocycles. The molecule has 0 aliphatic rings. The van der Waals surface area contributed by atoms with Crippen molar-refractivity contribution >= 4 is 21.2 Å². The summed E-state index contributed by atoms with van der Waals surface area (Å²) in [7, 11) is -3.22. The van der Waals surface area contributed by atoms with Crippen molar-refractivity contribution in [2.45, 2.75) is 11.3 Å². The lowest BCUT2D eigenvalue weighted by Crippen LogP contribution is -2.11. The van der Waals surface area contributed by atoms with Gasteiger partial charge in [-0.3, -0.25) is 0 Å². The topological polar surface area (TPSA) is 81.4 Å². The number of nitrogens with two attached hydrogens (primary N) is 1. The molecule has 0 radical (unpaired) electrons. The molecule has 0 spiro atoms. The van der Waals surface area contributed by atoms with Gasteiger partial charge in [-0.1, -0.05) is 6.08 Å². The summed E-state index contributed by atoms with van der Waals surface area (Å²) < 4.78 is 28.0. The molecule has 6 heteroatoms. The third-order valence-corrected chi connectivity index (χ3v) is 3.59. The van der Waals surface area contributed by atoms with Gasteiger partial charge in [0.25, 0.3) is 0 Å². The highest BCUT2D eigenvalue weighted by molar-refractivity contribution is 7.90. The van der Waals surface area contributed by atoms with Crippen molar-refractivity contribution in [3.8, 4) is 0 Å². The highest BCUT2D eigenvalue weighted by Crippen LogP contribution is 2.22. The monoisotopic (exact) mass is 284 g/mol. The molecule has 0 bridgehead atoms. The number of ether oxygens (including phenoxy) is 1. The van der Waals surface area contributed by atoms with E-state index in [9.17, 15) is 8.42 Å². The normalized spacial score (nSPS) is 11.2. The van der Waals surface area contributed by atoms with E-state index < -0.39 is 9.84 Å². The van der Waals surface area contributed by atoms with Crippen LogP contribution in [0.5, 0.6) is 0 Å². The molecule has 0 aliphatic carbocycles. The van der Waals surface area contributed by atoms with Crippen LogP contribution in [0.1, 0.15) is 6.42 Å². The number of benzene rings is 1. The highest BCUT2D eigenvalue weighted by atomic mass is 32.2. The number of hydrogen-bond acceptors (Lipinski definition) is 5. The zero-order valence-corrected chi connectivity index (χ0v) is 11.9. The molecular weight excluding hydrogens is 264 g/mol. The minimum atomic E-state index is -3.22. The summed E-state index contributed by atoms with van der Waals surface area (Å²) in [5, 5.41) is 3.10. The molecule has 3 N–H and O–H groups in total. The molecular formula is C13H20N2O3S. The van der Waals surface area contributed by atoms with Gasteiger partial charge >= 0.3 is 0 Å². The van der Waals surface area contributed by atoms with Crippen LogP contribution in [0.4, 0.5) is 11.4 Å². The van der Waals surface area contributed by atoms with Crippen LogP contribution in [-0.4, -0.2) is 34.4 Å². The maximum Gasteiger partial charge on any atom is 0.175 e. The predicted octanol–water partition coefficient (Wildman–Crippen LogP) is 1.68. The largest absolute Gasteiger partial charge is 0.397 e. The average molecular weight is 284 g/mol. The second kappa shape index (κ2) is 7.16. The third-order valence-electron chi connectivity index (χ3n) is 2.48. The summed E-state index contributed by atoms with van der Waals surface area (Å²) in [5.74, 6) is 0. The van der Waals surface area contributed by atoms with Gasteiger partial charge in [0, 0.05) is 12.8 Å². The molecule has 19 heavy (non-hydrogen) atoms. The fourth-order valence-electron chi connectivity index (χ4n) is 1.46. The zero-order chi connectivity index (χ0) is 14.3. The SMILES string of the molecule is C=CCCOCCNc1ccc(S(C)(=O)=O)cc1N. The molecule has 0 atom stereocenters. The number of rotatable bonds is 8. The Labute approximate surface area is 114 Å². The van der Waals surface area contributed by atoms with Crippen LogP contribution in [0.3, 0.4) is 0 Å². The smallest absolute Gasteiger partial charge is 0.175 e. The maximum atomic E-state index is 11.4. The van der Waals surface area contributed by atoms with E-state index in [-0.39, 0.29) is 4.90 Å². The van der Waals surface area contributed by atoms with Crippen molar-refractivity contribution in [1.82, 2.24) is 0 Å². The molecule has 0 heterocycles. The first-order valence-corrected chi connectivity index (χ1v) is 7.86. The molecule has 1 rings (SSSR count). The number of nitrogen functional groups attached to an aromatic ring is 1. The van der Waals surface area contributed by atoms with Gasteiger partial charge in [0.1, 0.15) is 0 Å². The molecule has 5 nitrogen and oxygen atoms in total. The Hall–Kier alpha value is -1.53. The summed E-state index contributed by atoms with van der Waals surface area (Å²) in [5.41, 5.74) is 6.92. The lowest BCUT2D eigenvalue weighted by atomic mass is 10.2. The third kappa shape index (κ3) is 5.32. The molecule has 0 unspecified atom stereocenters. The van der Waals surface area contributed by atoms with Gasteiger partial charge in [0.2, 0.25) is 0 Å². The van der Waals surface area contributed by atoms with Gasteiger partial charge < -0.3 is 15.8 Å². The van der Waals surface area contributed by atoms with Crippen molar-refractivity contribution in [3.05, 3.63) is 30.9 Å². The summed E-state index contributed by atoms with van der Waals surface area (Å²) in [6.45, 7) is 5.42. The predicted molar refractivity (Wildman–Crippen MR) is 78.1 cm³/mol. The van der Waals surface area contributed by atoms with E-state index in [1.54, 1.807) is 12.1 Å². The second-order valence-electron chi connectivity index (χ2n) is 4.14. The Kier molecular flexibility index (Phi) is 5.85. The molecule has 0 aliphatic heterocycles. The first-order valence-electron chi connectivity index (χ1n) is 5.97. The number of sulfone groups is 1. The second-order valence-corrected chi connectivity index (χ2v) is 6.15. The summed E-state index contributed by atoms with van der Waals surface area (Å²) in [6.07, 6.45) is 3.78. The molecule has 0 saturated carbocycles. The zero-order valence-electron chi connectivity index (χ0n) is 11.1. The van der Waals surface area contributed by atoms with Crippen molar-refractivity contribution in [1.29, 1.82) is 0 Å². The molecule has 106 valence electrons. The first kappa shape index (κ1) is 15.5. The van der Waals surface area contributed by atoms with E-state index in [2.05, 4.69) is 11.9 Å². The molecule has 0 aromatic heterocycles. The highest BCUT2D eigenvalue weighted by Gasteiger charge is 2.09. The maximum absolute atomic E-state index is 11.4. The Balaban J connectivity index is 2.49. The van der Waals surface area contributed by atoms with Gasteiger partial charge in [-0.15, -0.1) is 6.58 Å². The van der Waals surface area contributed by atoms with Crippen molar-refractivity contribution in [3.63, 3.8) is 0 Å². The standard InChI is InChI=1S/C13H20N2O3S/c1-3-4-8-18-9-7-15-13-6-5-11(10-12(13)14)19(2,16)17/h3,5-6,10,15H,1,4,7-9,14H2,2H3. The Morgan fingerprint density at radius 2 is 2.16 bits per heavy atom. The van der Waals surface area contributed by atoms with Crippen molar-refractivity contribution in [2.75, 3.05) is 37.1 Å². The average Bonchev–Trinajstić information content (AvgIpc) is 2.34. The fraction of sp³-hybridized carbons (Fsp3) is 0.385. The van der Waals surface area contributed by atoms with Gasteiger partial charge in [-0.25, -0.2) is 8.42 Å². The van der Waals surface area contributed by atoms with E-state index in [1.165, 1.54) is 12.1 Å². The van der Waals surface area contributed by atoms with E-state index >= 15 is 0 Å². The van der Waals surface area contributed by atoms with Crippen LogP contribution in [0, 0.1) is 0 Å². The van der Waals surface area contributed by atoms with E-state index in [4.69, 9.17) is 10.5 Å². The van der Waals surface area contributed by atoms with Crippen LogP contribution in [0.2, 0.25) is 0 Å². The van der Waals surface area contributed by atoms with Gasteiger partial charge in [-0.2, -0.15) is 0 Å². The minimum absolute atomic E-state index is 0.220. The fourth-order valence-corrected chi connectivity index (χ4v) is 2.12. The van der Waals surface area contributed by atoms with Gasteiger partial charge in [0.05, 0.1) is 29.5 Å². The van der Waals surface area contributed by atoms with Crippen molar-refractivity contribution < 1.29 is 13.2 Å².